The molecule has 0 aliphatic carbocycles. The van der Waals surface area contributed by atoms with E-state index in [4.69, 9.17) is 5.73 Å². The number of nitrogens with two attached hydrogens (primary N) is 1. The minimum absolute atomic E-state index is 0.155. The number of halogens is 2. The van der Waals surface area contributed by atoms with Crippen molar-refractivity contribution in [3.63, 3.8) is 0 Å². The maximum Gasteiger partial charge on any atom is 0.124 e. The third kappa shape index (κ3) is 2.59. The van der Waals surface area contributed by atoms with E-state index in [-0.39, 0.29) is 17.8 Å². The Morgan fingerprint density at radius 1 is 1.39 bits per heavy atom. The van der Waals surface area contributed by atoms with Crippen LogP contribution in [0.15, 0.2) is 28.9 Å². The van der Waals surface area contributed by atoms with E-state index in [9.17, 15) is 4.39 Å². The largest absolute Gasteiger partial charge is 0.322 e. The zero-order chi connectivity index (χ0) is 13.3. The van der Waals surface area contributed by atoms with Gasteiger partial charge < -0.3 is 5.73 Å². The lowest BCUT2D eigenvalue weighted by atomic mass is 10.0. The molecule has 4 nitrogen and oxygen atoms in total. The Bertz CT molecular complexity index is 553. The highest BCUT2D eigenvalue weighted by Crippen LogP contribution is 2.23. The molecule has 0 spiro atoms. The van der Waals surface area contributed by atoms with Crippen LogP contribution in [0.25, 0.3) is 5.69 Å². The van der Waals surface area contributed by atoms with E-state index in [1.54, 1.807) is 16.9 Å². The number of nitrogens with zero attached hydrogens (tertiary/aromatic N) is 3. The van der Waals surface area contributed by atoms with Gasteiger partial charge in [-0.3, -0.25) is 0 Å². The van der Waals surface area contributed by atoms with Crippen molar-refractivity contribution in [3.8, 4) is 5.69 Å². The summed E-state index contributed by atoms with van der Waals surface area (Å²) in [4.78, 5) is 0. The highest BCUT2D eigenvalue weighted by atomic mass is 79.9. The van der Waals surface area contributed by atoms with Gasteiger partial charge in [0.15, 0.2) is 0 Å². The SMILES string of the molecule is CC(C)C(N)c1cn(-c2ccc(F)cc2Br)nn1. The smallest absolute Gasteiger partial charge is 0.124 e. The molecule has 18 heavy (non-hydrogen) atoms. The number of hydrogen-bond donors (Lipinski definition) is 1. The van der Waals surface area contributed by atoms with Gasteiger partial charge in [-0.15, -0.1) is 5.10 Å². The van der Waals surface area contributed by atoms with Gasteiger partial charge in [-0.25, -0.2) is 9.07 Å². The van der Waals surface area contributed by atoms with Crippen molar-refractivity contribution in [2.45, 2.75) is 19.9 Å². The van der Waals surface area contributed by atoms with E-state index >= 15 is 0 Å². The molecule has 0 aliphatic rings. The molecule has 2 N–H and O–H groups in total. The van der Waals surface area contributed by atoms with Crippen molar-refractivity contribution in [2.75, 3.05) is 0 Å². The summed E-state index contributed by atoms with van der Waals surface area (Å²) in [6.45, 7) is 4.05. The van der Waals surface area contributed by atoms with Crippen LogP contribution in [-0.2, 0) is 0 Å². The van der Waals surface area contributed by atoms with Gasteiger partial charge in [0.2, 0.25) is 0 Å². The molecule has 0 radical (unpaired) electrons. The first-order valence-corrected chi connectivity index (χ1v) is 6.41. The van der Waals surface area contributed by atoms with Gasteiger partial charge in [0.05, 0.1) is 17.9 Å². The van der Waals surface area contributed by atoms with Gasteiger partial charge in [0, 0.05) is 4.47 Å². The van der Waals surface area contributed by atoms with Crippen LogP contribution in [-0.4, -0.2) is 15.0 Å². The molecule has 1 unspecified atom stereocenters. The molecule has 0 saturated heterocycles. The van der Waals surface area contributed by atoms with Crippen LogP contribution >= 0.6 is 15.9 Å². The molecule has 0 bridgehead atoms. The summed E-state index contributed by atoms with van der Waals surface area (Å²) in [6, 6.07) is 4.25. The van der Waals surface area contributed by atoms with Crippen molar-refractivity contribution in [3.05, 3.63) is 40.4 Å². The minimum Gasteiger partial charge on any atom is -0.322 e. The molecular weight excluding hydrogens is 299 g/mol. The van der Waals surface area contributed by atoms with E-state index < -0.39 is 0 Å². The maximum atomic E-state index is 13.0. The van der Waals surface area contributed by atoms with Gasteiger partial charge in [0.1, 0.15) is 11.5 Å². The Morgan fingerprint density at radius 3 is 2.72 bits per heavy atom. The first-order valence-electron chi connectivity index (χ1n) is 5.62. The zero-order valence-electron chi connectivity index (χ0n) is 10.1. The van der Waals surface area contributed by atoms with E-state index in [0.717, 1.165) is 11.4 Å². The van der Waals surface area contributed by atoms with Crippen LogP contribution in [0, 0.1) is 11.7 Å². The second kappa shape index (κ2) is 5.16. The topological polar surface area (TPSA) is 56.7 Å². The van der Waals surface area contributed by atoms with E-state index in [0.29, 0.717) is 4.47 Å². The molecule has 2 rings (SSSR count). The molecular formula is C12H14BrFN4. The molecule has 1 aromatic heterocycles. The zero-order valence-corrected chi connectivity index (χ0v) is 11.7. The highest BCUT2D eigenvalue weighted by molar-refractivity contribution is 9.10. The summed E-state index contributed by atoms with van der Waals surface area (Å²) in [5.74, 6) is -0.0170. The van der Waals surface area contributed by atoms with Crippen LogP contribution in [0.5, 0.6) is 0 Å². The van der Waals surface area contributed by atoms with Crippen molar-refractivity contribution in [1.82, 2.24) is 15.0 Å². The van der Waals surface area contributed by atoms with Gasteiger partial charge >= 0.3 is 0 Å². The summed E-state index contributed by atoms with van der Waals surface area (Å²) in [6.07, 6.45) is 1.77. The van der Waals surface area contributed by atoms with Gasteiger partial charge in [-0.05, 0) is 40.0 Å². The van der Waals surface area contributed by atoms with Gasteiger partial charge in [0.25, 0.3) is 0 Å². The predicted octanol–water partition coefficient (Wildman–Crippen LogP) is 2.82. The summed E-state index contributed by atoms with van der Waals surface area (Å²) in [7, 11) is 0. The Labute approximate surface area is 113 Å². The fourth-order valence-corrected chi connectivity index (χ4v) is 2.09. The molecule has 1 heterocycles. The molecule has 0 fully saturated rings. The summed E-state index contributed by atoms with van der Waals surface area (Å²) in [5, 5.41) is 8.07. The molecule has 0 aliphatic heterocycles. The fraction of sp³-hybridized carbons (Fsp3) is 0.333. The van der Waals surface area contributed by atoms with Crippen molar-refractivity contribution in [1.29, 1.82) is 0 Å². The standard InChI is InChI=1S/C12H14BrFN4/c1-7(2)12(15)10-6-18(17-16-10)11-4-3-8(14)5-9(11)13/h3-7,12H,15H2,1-2H3. The maximum absolute atomic E-state index is 13.0. The molecule has 6 heteroatoms. The second-order valence-electron chi connectivity index (χ2n) is 4.45. The second-order valence-corrected chi connectivity index (χ2v) is 5.31. The molecule has 0 amide bonds. The Morgan fingerprint density at radius 2 is 2.11 bits per heavy atom. The average Bonchev–Trinajstić information content (AvgIpc) is 2.77. The van der Waals surface area contributed by atoms with Crippen LogP contribution in [0.3, 0.4) is 0 Å². The van der Waals surface area contributed by atoms with Gasteiger partial charge in [-0.2, -0.15) is 0 Å². The molecule has 1 atom stereocenters. The predicted molar refractivity (Wildman–Crippen MR) is 70.8 cm³/mol. The third-order valence-electron chi connectivity index (χ3n) is 2.73. The number of hydrogen-bond acceptors (Lipinski definition) is 3. The monoisotopic (exact) mass is 312 g/mol. The summed E-state index contributed by atoms with van der Waals surface area (Å²) < 4.78 is 15.2. The number of aromatic nitrogens is 3. The highest BCUT2D eigenvalue weighted by Gasteiger charge is 2.15. The normalized spacial score (nSPS) is 13.0. The Kier molecular flexibility index (Phi) is 3.77. The lowest BCUT2D eigenvalue weighted by Gasteiger charge is -2.11. The van der Waals surface area contributed by atoms with E-state index in [1.807, 2.05) is 13.8 Å². The quantitative estimate of drug-likeness (QED) is 0.948. The van der Waals surface area contributed by atoms with Crippen molar-refractivity contribution in [2.24, 2.45) is 11.7 Å². The first-order chi connectivity index (χ1) is 8.49. The molecule has 0 saturated carbocycles. The third-order valence-corrected chi connectivity index (χ3v) is 3.36. The van der Waals surface area contributed by atoms with Crippen molar-refractivity contribution < 1.29 is 4.39 Å². The van der Waals surface area contributed by atoms with E-state index in [2.05, 4.69) is 26.2 Å². The van der Waals surface area contributed by atoms with Crippen LogP contribution in [0.1, 0.15) is 25.6 Å². The molecule has 96 valence electrons. The van der Waals surface area contributed by atoms with E-state index in [1.165, 1.54) is 12.1 Å². The van der Waals surface area contributed by atoms with Crippen LogP contribution in [0.4, 0.5) is 4.39 Å². The Balaban J connectivity index is 2.35. The van der Waals surface area contributed by atoms with Gasteiger partial charge in [-0.1, -0.05) is 19.1 Å². The lowest BCUT2D eigenvalue weighted by molar-refractivity contribution is 0.502. The number of benzene rings is 1. The Hall–Kier alpha value is -1.27. The molecule has 1 aromatic carbocycles. The van der Waals surface area contributed by atoms with Crippen molar-refractivity contribution >= 4 is 15.9 Å². The fourth-order valence-electron chi connectivity index (χ4n) is 1.56. The summed E-state index contributed by atoms with van der Waals surface area (Å²) >= 11 is 3.30. The minimum atomic E-state index is -0.301. The average molecular weight is 313 g/mol. The lowest BCUT2D eigenvalue weighted by Crippen LogP contribution is -2.17. The van der Waals surface area contributed by atoms with Crippen LogP contribution in [0.2, 0.25) is 0 Å². The van der Waals surface area contributed by atoms with Crippen LogP contribution < -0.4 is 5.73 Å². The first kappa shape index (κ1) is 13.2. The summed E-state index contributed by atoms with van der Waals surface area (Å²) in [5.41, 5.74) is 7.46. The molecule has 2 aromatic rings. The number of rotatable bonds is 3.